The van der Waals surface area contributed by atoms with Crippen LogP contribution in [0.3, 0.4) is 0 Å². The summed E-state index contributed by atoms with van der Waals surface area (Å²) in [6.45, 7) is 7.86. The fraction of sp³-hybridized carbons (Fsp3) is 0.321. The number of rotatable bonds is 10. The van der Waals surface area contributed by atoms with Crippen molar-refractivity contribution in [1.82, 2.24) is 15.3 Å². The van der Waals surface area contributed by atoms with Crippen molar-refractivity contribution < 1.29 is 23.9 Å². The zero-order valence-electron chi connectivity index (χ0n) is 22.9. The van der Waals surface area contributed by atoms with Crippen molar-refractivity contribution >= 4 is 52.8 Å². The Morgan fingerprint density at radius 3 is 2.50 bits per heavy atom. The van der Waals surface area contributed by atoms with E-state index >= 15 is 0 Å². The Labute approximate surface area is 242 Å². The van der Waals surface area contributed by atoms with Gasteiger partial charge >= 0.3 is 6.09 Å². The molecule has 0 fully saturated rings. The molecule has 0 saturated carbocycles. The van der Waals surface area contributed by atoms with Crippen molar-refractivity contribution in [2.75, 3.05) is 30.0 Å². The summed E-state index contributed by atoms with van der Waals surface area (Å²) >= 11 is 7.36. The van der Waals surface area contributed by atoms with Crippen LogP contribution in [0.5, 0.6) is 5.75 Å². The topological polar surface area (TPSA) is 132 Å². The van der Waals surface area contributed by atoms with E-state index in [0.29, 0.717) is 17.3 Å². The highest BCUT2D eigenvalue weighted by Crippen LogP contribution is 2.27. The Bertz CT molecular complexity index is 1350. The number of nitrogens with zero attached hydrogens (tertiary/aromatic N) is 2. The molecule has 1 atom stereocenters. The maximum atomic E-state index is 13.3. The summed E-state index contributed by atoms with van der Waals surface area (Å²) < 4.78 is 11.3. The number of amides is 3. The lowest BCUT2D eigenvalue weighted by molar-refractivity contribution is 0.0516. The molecule has 3 aromatic rings. The van der Waals surface area contributed by atoms with Crippen LogP contribution in [0, 0.1) is 5.92 Å². The number of pyridine rings is 2. The number of alkyl carbamates (subject to hydrolysis) is 1. The number of aromatic nitrogens is 2. The number of hydrogen-bond donors (Lipinski definition) is 3. The van der Waals surface area contributed by atoms with E-state index in [4.69, 9.17) is 21.1 Å². The molecule has 0 saturated heterocycles. The van der Waals surface area contributed by atoms with Crippen LogP contribution in [0.15, 0.2) is 59.8 Å². The molecule has 12 heteroatoms. The van der Waals surface area contributed by atoms with Gasteiger partial charge in [-0.25, -0.2) is 14.8 Å². The predicted octanol–water partition coefficient (Wildman–Crippen LogP) is 5.90. The normalized spacial score (nSPS) is 11.8. The van der Waals surface area contributed by atoms with E-state index in [1.54, 1.807) is 57.2 Å². The third kappa shape index (κ3) is 9.42. The quantitative estimate of drug-likeness (QED) is 0.251. The summed E-state index contributed by atoms with van der Waals surface area (Å²) in [6.07, 6.45) is 4.27. The van der Waals surface area contributed by atoms with Gasteiger partial charge in [-0.05, 0) is 69.5 Å². The lowest BCUT2D eigenvalue weighted by Crippen LogP contribution is -2.35. The molecule has 10 nitrogen and oxygen atoms in total. The van der Waals surface area contributed by atoms with E-state index in [1.165, 1.54) is 24.2 Å². The van der Waals surface area contributed by atoms with Crippen LogP contribution in [-0.2, 0) is 4.74 Å². The standard InChI is InChI=1S/C28H32ClN5O5S/c1-17(14-32-27(37)39-28(2,3)4)16-38-22-13-19(40-5)9-10-20(22)25(35)33-21-7-6-12-30-24(21)26(36)34-23-11-8-18(29)15-31-23/h6-13,15,17H,14,16H2,1-5H3,(H,32,37)(H,33,35)(H,31,34,36)/t17-/m1/s1. The van der Waals surface area contributed by atoms with E-state index in [1.807, 2.05) is 19.2 Å². The Hall–Kier alpha value is -3.83. The molecule has 2 aromatic heterocycles. The van der Waals surface area contributed by atoms with Crippen molar-refractivity contribution in [3.8, 4) is 5.75 Å². The molecule has 0 aliphatic rings. The maximum absolute atomic E-state index is 13.3. The van der Waals surface area contributed by atoms with Gasteiger partial charge in [-0.1, -0.05) is 18.5 Å². The van der Waals surface area contributed by atoms with Gasteiger partial charge in [0.15, 0.2) is 5.69 Å². The van der Waals surface area contributed by atoms with Gasteiger partial charge in [0.1, 0.15) is 17.2 Å². The number of nitrogens with one attached hydrogen (secondary N) is 3. The van der Waals surface area contributed by atoms with Gasteiger partial charge in [0, 0.05) is 29.8 Å². The number of hydrogen-bond acceptors (Lipinski definition) is 8. The Balaban J connectivity index is 1.70. The Kier molecular flexibility index (Phi) is 10.7. The van der Waals surface area contributed by atoms with Crippen LogP contribution in [0.2, 0.25) is 5.02 Å². The van der Waals surface area contributed by atoms with Crippen molar-refractivity contribution in [1.29, 1.82) is 0 Å². The first-order chi connectivity index (χ1) is 18.9. The predicted molar refractivity (Wildman–Crippen MR) is 157 cm³/mol. The molecule has 3 rings (SSSR count). The second-order valence-electron chi connectivity index (χ2n) is 9.83. The third-order valence-electron chi connectivity index (χ3n) is 5.19. The summed E-state index contributed by atoms with van der Waals surface area (Å²) in [7, 11) is 0. The van der Waals surface area contributed by atoms with Gasteiger partial charge in [0.05, 0.1) is 22.9 Å². The van der Waals surface area contributed by atoms with Crippen molar-refractivity contribution in [2.24, 2.45) is 5.92 Å². The summed E-state index contributed by atoms with van der Waals surface area (Å²) in [5.74, 6) is -0.443. The van der Waals surface area contributed by atoms with Gasteiger partial charge in [-0.3, -0.25) is 9.59 Å². The Morgan fingerprint density at radius 1 is 1.05 bits per heavy atom. The minimum atomic E-state index is -0.591. The minimum Gasteiger partial charge on any atom is -0.492 e. The third-order valence-corrected chi connectivity index (χ3v) is 6.14. The first-order valence-electron chi connectivity index (χ1n) is 12.4. The van der Waals surface area contributed by atoms with E-state index < -0.39 is 23.5 Å². The van der Waals surface area contributed by atoms with E-state index in [-0.39, 0.29) is 35.3 Å². The first-order valence-corrected chi connectivity index (χ1v) is 14.0. The van der Waals surface area contributed by atoms with E-state index in [2.05, 4.69) is 25.9 Å². The van der Waals surface area contributed by atoms with Gasteiger partial charge in [-0.15, -0.1) is 11.8 Å². The van der Waals surface area contributed by atoms with Crippen molar-refractivity contribution in [3.63, 3.8) is 0 Å². The summed E-state index contributed by atoms with van der Waals surface area (Å²) in [6, 6.07) is 11.6. The molecule has 0 aliphatic carbocycles. The number of thioether (sulfide) groups is 1. The number of carbonyl (C=O) groups is 3. The Morgan fingerprint density at radius 2 is 1.82 bits per heavy atom. The molecule has 0 unspecified atom stereocenters. The highest BCUT2D eigenvalue weighted by Gasteiger charge is 2.20. The zero-order valence-corrected chi connectivity index (χ0v) is 24.5. The van der Waals surface area contributed by atoms with Crippen molar-refractivity contribution in [3.05, 3.63) is 71.1 Å². The summed E-state index contributed by atoms with van der Waals surface area (Å²) in [5, 5.41) is 8.56. The smallest absolute Gasteiger partial charge is 0.407 e. The molecule has 0 aliphatic heterocycles. The average Bonchev–Trinajstić information content (AvgIpc) is 2.91. The van der Waals surface area contributed by atoms with Crippen LogP contribution in [0.4, 0.5) is 16.3 Å². The second kappa shape index (κ2) is 14.0. The number of benzene rings is 1. The zero-order chi connectivity index (χ0) is 29.3. The number of halogens is 1. The lowest BCUT2D eigenvalue weighted by Gasteiger charge is -2.21. The van der Waals surface area contributed by atoms with E-state index in [0.717, 1.165) is 4.90 Å². The maximum Gasteiger partial charge on any atom is 0.407 e. The molecule has 0 radical (unpaired) electrons. The molecule has 3 N–H and O–H groups in total. The molecule has 212 valence electrons. The van der Waals surface area contributed by atoms with Crippen LogP contribution in [-0.4, -0.2) is 52.9 Å². The number of carbonyl (C=O) groups excluding carboxylic acids is 3. The van der Waals surface area contributed by atoms with Crippen LogP contribution >= 0.6 is 23.4 Å². The highest BCUT2D eigenvalue weighted by atomic mass is 35.5. The largest absolute Gasteiger partial charge is 0.492 e. The molecular weight excluding hydrogens is 554 g/mol. The summed E-state index contributed by atoms with van der Waals surface area (Å²) in [4.78, 5) is 47.3. The molecule has 3 amide bonds. The molecule has 0 bridgehead atoms. The molecular formula is C28H32ClN5O5S. The van der Waals surface area contributed by atoms with Crippen LogP contribution in [0.1, 0.15) is 48.5 Å². The second-order valence-corrected chi connectivity index (χ2v) is 11.1. The average molecular weight is 586 g/mol. The fourth-order valence-electron chi connectivity index (χ4n) is 3.30. The van der Waals surface area contributed by atoms with Crippen LogP contribution < -0.4 is 20.7 Å². The van der Waals surface area contributed by atoms with Gasteiger partial charge in [0.2, 0.25) is 0 Å². The van der Waals surface area contributed by atoms with Gasteiger partial charge < -0.3 is 25.4 Å². The summed E-state index contributed by atoms with van der Waals surface area (Å²) in [5.41, 5.74) is -0.0857. The SMILES string of the molecule is CSc1ccc(C(=O)Nc2cccnc2C(=O)Nc2ccc(Cl)cn2)c(OC[C@H](C)CNC(=O)OC(C)(C)C)c1. The highest BCUT2D eigenvalue weighted by molar-refractivity contribution is 7.98. The number of anilines is 2. The lowest BCUT2D eigenvalue weighted by atomic mass is 10.1. The first kappa shape index (κ1) is 30.7. The van der Waals surface area contributed by atoms with Crippen molar-refractivity contribution in [2.45, 2.75) is 38.2 Å². The monoisotopic (exact) mass is 585 g/mol. The fourth-order valence-corrected chi connectivity index (χ4v) is 3.84. The minimum absolute atomic E-state index is 0.0117. The molecule has 1 aromatic carbocycles. The van der Waals surface area contributed by atoms with Crippen LogP contribution in [0.25, 0.3) is 0 Å². The molecule has 0 spiro atoms. The molecule has 40 heavy (non-hydrogen) atoms. The van der Waals surface area contributed by atoms with Gasteiger partial charge in [-0.2, -0.15) is 0 Å². The van der Waals surface area contributed by atoms with E-state index in [9.17, 15) is 14.4 Å². The number of ether oxygens (including phenoxy) is 2. The van der Waals surface area contributed by atoms with Gasteiger partial charge in [0.25, 0.3) is 11.8 Å². The molecule has 2 heterocycles.